The Balaban J connectivity index is 1.44. The number of carbonyl (C=O) groups excluding carboxylic acids is 1. The van der Waals surface area contributed by atoms with Gasteiger partial charge in [0.05, 0.1) is 6.20 Å². The zero-order chi connectivity index (χ0) is 21.9. The summed E-state index contributed by atoms with van der Waals surface area (Å²) in [5.41, 5.74) is 5.62. The van der Waals surface area contributed by atoms with Crippen LogP contribution >= 0.6 is 15.9 Å². The van der Waals surface area contributed by atoms with Gasteiger partial charge >= 0.3 is 6.03 Å². The molecule has 11 heteroatoms. The van der Waals surface area contributed by atoms with Crippen LogP contribution in [0, 0.1) is 0 Å². The van der Waals surface area contributed by atoms with E-state index >= 15 is 0 Å². The van der Waals surface area contributed by atoms with Crippen molar-refractivity contribution in [2.24, 2.45) is 9.50 Å². The van der Waals surface area contributed by atoms with Gasteiger partial charge in [-0.1, -0.05) is 15.9 Å². The third kappa shape index (κ3) is 3.47. The molecule has 1 aliphatic heterocycles. The predicted molar refractivity (Wildman–Crippen MR) is 121 cm³/mol. The van der Waals surface area contributed by atoms with Gasteiger partial charge in [0.1, 0.15) is 17.5 Å². The van der Waals surface area contributed by atoms with E-state index in [9.17, 15) is 9.00 Å². The Bertz CT molecular complexity index is 1210. The molecule has 2 aliphatic carbocycles. The lowest BCUT2D eigenvalue weighted by molar-refractivity contribution is 0.260. The lowest BCUT2D eigenvalue weighted by atomic mass is 9.83. The molecular weight excluding hydrogens is 484 g/mol. The standard InChI is InChI=1S/C20H25BrN6O3S/c1-26(2)9-11-10-30-19-16(8-23-27(11)19)31(22,29)25-20(28)24-18-14-5-3-4-12(14)17(21)13-6-7-15(13)18/h8,11H,3-7,9-10H2,1-2H3,(H3,22,24,25,28,29)/t11-,31?/m0/s1. The average Bonchev–Trinajstić information content (AvgIpc) is 3.35. The number of likely N-dealkylation sites (N-methyl/N-ethyl adjacent to an activating group) is 1. The highest BCUT2D eigenvalue weighted by molar-refractivity contribution is 9.10. The normalized spacial score (nSPS) is 20.4. The SMILES string of the molecule is CN(C)C[C@H]1COc2c(S(N)(=O)=NC(=O)Nc3c4c(c(Br)c5c3CC5)CCC4)cnn21. The Kier molecular flexibility index (Phi) is 5.11. The van der Waals surface area contributed by atoms with Crippen LogP contribution in [0.4, 0.5) is 10.5 Å². The summed E-state index contributed by atoms with van der Waals surface area (Å²) in [5, 5.41) is 13.2. The number of fused-ring (bicyclic) bond motifs is 3. The van der Waals surface area contributed by atoms with Crippen LogP contribution in [-0.4, -0.2) is 52.2 Å². The van der Waals surface area contributed by atoms with E-state index in [4.69, 9.17) is 9.88 Å². The molecule has 0 fully saturated rings. The Hall–Kier alpha value is -1.95. The molecule has 1 aromatic heterocycles. The molecule has 0 saturated carbocycles. The molecule has 166 valence electrons. The van der Waals surface area contributed by atoms with Crippen LogP contribution in [0.2, 0.25) is 0 Å². The third-order valence-electron chi connectivity index (χ3n) is 6.16. The molecule has 9 nitrogen and oxygen atoms in total. The number of hydrogen-bond donors (Lipinski definition) is 2. The van der Waals surface area contributed by atoms with E-state index in [0.29, 0.717) is 12.5 Å². The van der Waals surface area contributed by atoms with Gasteiger partial charge in [-0.3, -0.25) is 0 Å². The quantitative estimate of drug-likeness (QED) is 0.658. The molecular formula is C20H25BrN6O3S. The number of rotatable bonds is 4. The number of nitrogens with two attached hydrogens (primary N) is 1. The number of halogens is 1. The number of nitrogens with zero attached hydrogens (tertiary/aromatic N) is 4. The van der Waals surface area contributed by atoms with Crippen LogP contribution < -0.4 is 15.2 Å². The monoisotopic (exact) mass is 508 g/mol. The van der Waals surface area contributed by atoms with Gasteiger partial charge in [0, 0.05) is 16.7 Å². The van der Waals surface area contributed by atoms with Crippen LogP contribution in [0.3, 0.4) is 0 Å². The van der Waals surface area contributed by atoms with Crippen molar-refractivity contribution in [2.75, 3.05) is 32.6 Å². The summed E-state index contributed by atoms with van der Waals surface area (Å²) >= 11 is 3.73. The lowest BCUT2D eigenvalue weighted by Gasteiger charge is -2.27. The van der Waals surface area contributed by atoms with Crippen molar-refractivity contribution in [3.05, 3.63) is 32.9 Å². The van der Waals surface area contributed by atoms with E-state index in [0.717, 1.165) is 55.5 Å². The van der Waals surface area contributed by atoms with Crippen molar-refractivity contribution >= 4 is 37.6 Å². The fourth-order valence-corrected chi connectivity index (χ4v) is 6.57. The molecule has 5 rings (SSSR count). The van der Waals surface area contributed by atoms with Crippen molar-refractivity contribution in [3.8, 4) is 5.88 Å². The van der Waals surface area contributed by atoms with Gasteiger partial charge in [-0.25, -0.2) is 18.8 Å². The number of carbonyl (C=O) groups is 1. The first kappa shape index (κ1) is 20.9. The summed E-state index contributed by atoms with van der Waals surface area (Å²) in [6.07, 6.45) is 6.24. The van der Waals surface area contributed by atoms with Crippen LogP contribution in [0.25, 0.3) is 0 Å². The Morgan fingerprint density at radius 3 is 2.71 bits per heavy atom. The lowest BCUT2D eigenvalue weighted by Crippen LogP contribution is -2.24. The fourth-order valence-electron chi connectivity index (χ4n) is 4.70. The maximum atomic E-state index is 13.2. The minimum absolute atomic E-state index is 0.00744. The van der Waals surface area contributed by atoms with Crippen LogP contribution in [0.15, 0.2) is 19.9 Å². The smallest absolute Gasteiger partial charge is 0.354 e. The third-order valence-corrected chi connectivity index (χ3v) is 8.46. The predicted octanol–water partition coefficient (Wildman–Crippen LogP) is 2.66. The summed E-state index contributed by atoms with van der Waals surface area (Å²) in [6.45, 7) is 1.13. The number of urea groups is 1. The van der Waals surface area contributed by atoms with Crippen LogP contribution in [0.1, 0.15) is 34.7 Å². The molecule has 1 aromatic carbocycles. The highest BCUT2D eigenvalue weighted by Gasteiger charge is 2.33. The van der Waals surface area contributed by atoms with Crippen molar-refractivity contribution in [1.29, 1.82) is 0 Å². The number of amides is 2. The zero-order valence-corrected chi connectivity index (χ0v) is 19.9. The van der Waals surface area contributed by atoms with Crippen molar-refractivity contribution in [2.45, 2.75) is 43.0 Å². The fraction of sp³-hybridized carbons (Fsp3) is 0.500. The Labute approximate surface area is 189 Å². The summed E-state index contributed by atoms with van der Waals surface area (Å²) < 4.78 is 25.6. The second-order valence-electron chi connectivity index (χ2n) is 8.53. The second-order valence-corrected chi connectivity index (χ2v) is 11.1. The summed E-state index contributed by atoms with van der Waals surface area (Å²) in [7, 11) is 0.411. The van der Waals surface area contributed by atoms with Crippen LogP contribution in [0.5, 0.6) is 5.88 Å². The topological polar surface area (TPSA) is 115 Å². The van der Waals surface area contributed by atoms with Crippen LogP contribution in [-0.2, 0) is 35.6 Å². The summed E-state index contributed by atoms with van der Waals surface area (Å²) in [6, 6.07) is -0.715. The molecule has 0 radical (unpaired) electrons. The number of ether oxygens (including phenoxy) is 1. The van der Waals surface area contributed by atoms with E-state index in [1.807, 2.05) is 19.0 Å². The molecule has 0 bridgehead atoms. The molecule has 2 aromatic rings. The number of nitrogens with one attached hydrogen (secondary N) is 1. The van der Waals surface area contributed by atoms with Gasteiger partial charge in [-0.15, -0.1) is 4.36 Å². The minimum Gasteiger partial charge on any atom is -0.475 e. The highest BCUT2D eigenvalue weighted by Crippen LogP contribution is 2.45. The summed E-state index contributed by atoms with van der Waals surface area (Å²) in [4.78, 5) is 15.0. The van der Waals surface area contributed by atoms with Crippen molar-refractivity contribution in [1.82, 2.24) is 14.7 Å². The van der Waals surface area contributed by atoms with Gasteiger partial charge in [0.25, 0.3) is 0 Å². The molecule has 3 N–H and O–H groups in total. The second kappa shape index (κ2) is 7.58. The number of aromatic nitrogens is 2. The van der Waals surface area contributed by atoms with Gasteiger partial charge in [0.2, 0.25) is 5.88 Å². The van der Waals surface area contributed by atoms with E-state index in [1.165, 1.54) is 21.8 Å². The first-order valence-electron chi connectivity index (χ1n) is 10.3. The Morgan fingerprint density at radius 1 is 1.32 bits per heavy atom. The molecule has 0 spiro atoms. The first-order valence-corrected chi connectivity index (χ1v) is 12.7. The molecule has 2 atom stereocenters. The minimum atomic E-state index is -3.51. The van der Waals surface area contributed by atoms with Gasteiger partial charge in [-0.05, 0) is 68.5 Å². The van der Waals surface area contributed by atoms with E-state index in [1.54, 1.807) is 4.68 Å². The highest BCUT2D eigenvalue weighted by atomic mass is 79.9. The number of benzene rings is 1. The van der Waals surface area contributed by atoms with Gasteiger partial charge in [0.15, 0.2) is 9.92 Å². The molecule has 2 heterocycles. The van der Waals surface area contributed by atoms with Crippen molar-refractivity contribution < 1.29 is 13.7 Å². The molecule has 3 aliphatic rings. The number of anilines is 1. The van der Waals surface area contributed by atoms with Crippen molar-refractivity contribution in [3.63, 3.8) is 0 Å². The molecule has 2 amide bonds. The summed E-state index contributed by atoms with van der Waals surface area (Å²) in [5.74, 6) is 0.324. The van der Waals surface area contributed by atoms with E-state index in [2.05, 4.69) is 30.7 Å². The first-order chi connectivity index (χ1) is 14.8. The van der Waals surface area contributed by atoms with E-state index in [-0.39, 0.29) is 10.9 Å². The molecule has 0 saturated heterocycles. The van der Waals surface area contributed by atoms with E-state index < -0.39 is 15.9 Å². The largest absolute Gasteiger partial charge is 0.475 e. The maximum Gasteiger partial charge on any atom is 0.354 e. The Morgan fingerprint density at radius 2 is 2.00 bits per heavy atom. The molecule has 1 unspecified atom stereocenters. The maximum absolute atomic E-state index is 13.2. The van der Waals surface area contributed by atoms with Gasteiger partial charge < -0.3 is 15.0 Å². The zero-order valence-electron chi connectivity index (χ0n) is 17.5. The van der Waals surface area contributed by atoms with Gasteiger partial charge in [-0.2, -0.15) is 5.10 Å². The number of hydrogen-bond acceptors (Lipinski definition) is 5. The molecule has 31 heavy (non-hydrogen) atoms. The average molecular weight is 509 g/mol.